The zero-order valence-electron chi connectivity index (χ0n) is 16.0. The van der Waals surface area contributed by atoms with Crippen LogP contribution in [-0.2, 0) is 13.1 Å². The van der Waals surface area contributed by atoms with E-state index in [2.05, 4.69) is 10.1 Å². The molecule has 0 aromatic carbocycles. The van der Waals surface area contributed by atoms with Crippen LogP contribution in [0, 0.1) is 13.8 Å². The topological polar surface area (TPSA) is 64.2 Å². The van der Waals surface area contributed by atoms with Crippen molar-refractivity contribution in [3.63, 3.8) is 0 Å². The SMILES string of the molecule is Cc1cc(C)n(-c2ccc(Cl)c(C(=O)N(Cc3ccco3)Cc3cccs3)n2)n1. The number of rotatable bonds is 6. The molecule has 4 rings (SSSR count). The minimum Gasteiger partial charge on any atom is -0.467 e. The van der Waals surface area contributed by atoms with Crippen LogP contribution in [0.3, 0.4) is 0 Å². The van der Waals surface area contributed by atoms with Gasteiger partial charge in [0.1, 0.15) is 11.5 Å². The van der Waals surface area contributed by atoms with E-state index in [0.29, 0.717) is 29.7 Å². The van der Waals surface area contributed by atoms with Gasteiger partial charge < -0.3 is 9.32 Å². The summed E-state index contributed by atoms with van der Waals surface area (Å²) < 4.78 is 7.16. The molecular weight excluding hydrogens is 408 g/mol. The summed E-state index contributed by atoms with van der Waals surface area (Å²) in [4.78, 5) is 20.7. The molecule has 0 radical (unpaired) electrons. The van der Waals surface area contributed by atoms with Gasteiger partial charge in [-0.1, -0.05) is 17.7 Å². The Kier molecular flexibility index (Phi) is 5.51. The van der Waals surface area contributed by atoms with Crippen molar-refractivity contribution in [3.8, 4) is 5.82 Å². The highest BCUT2D eigenvalue weighted by Crippen LogP contribution is 2.22. The highest BCUT2D eigenvalue weighted by molar-refractivity contribution is 7.09. The monoisotopic (exact) mass is 426 g/mol. The van der Waals surface area contributed by atoms with Crippen molar-refractivity contribution >= 4 is 28.8 Å². The number of hydrogen-bond donors (Lipinski definition) is 0. The summed E-state index contributed by atoms with van der Waals surface area (Å²) in [6.45, 7) is 4.63. The molecule has 0 atom stereocenters. The molecule has 0 aliphatic rings. The van der Waals surface area contributed by atoms with Gasteiger partial charge in [0, 0.05) is 10.6 Å². The minimum absolute atomic E-state index is 0.194. The molecule has 148 valence electrons. The Balaban J connectivity index is 1.69. The molecule has 0 spiro atoms. The van der Waals surface area contributed by atoms with E-state index < -0.39 is 0 Å². The molecule has 0 bridgehead atoms. The number of pyridine rings is 1. The van der Waals surface area contributed by atoms with Gasteiger partial charge in [-0.2, -0.15) is 5.10 Å². The summed E-state index contributed by atoms with van der Waals surface area (Å²) in [5.41, 5.74) is 2.01. The molecule has 6 nitrogen and oxygen atoms in total. The maximum absolute atomic E-state index is 13.4. The van der Waals surface area contributed by atoms with Crippen LogP contribution in [-0.4, -0.2) is 25.6 Å². The van der Waals surface area contributed by atoms with Crippen LogP contribution in [0.25, 0.3) is 5.82 Å². The maximum atomic E-state index is 13.4. The van der Waals surface area contributed by atoms with Gasteiger partial charge in [0.05, 0.1) is 30.1 Å². The summed E-state index contributed by atoms with van der Waals surface area (Å²) in [7, 11) is 0. The van der Waals surface area contributed by atoms with Gasteiger partial charge in [0.25, 0.3) is 5.91 Å². The molecule has 0 aliphatic carbocycles. The van der Waals surface area contributed by atoms with Crippen molar-refractivity contribution in [1.82, 2.24) is 19.7 Å². The van der Waals surface area contributed by atoms with Gasteiger partial charge >= 0.3 is 0 Å². The lowest BCUT2D eigenvalue weighted by atomic mass is 10.2. The summed E-state index contributed by atoms with van der Waals surface area (Å²) in [6, 6.07) is 13.0. The normalized spacial score (nSPS) is 11.0. The lowest BCUT2D eigenvalue weighted by molar-refractivity contribution is 0.0713. The summed E-state index contributed by atoms with van der Waals surface area (Å²) in [5, 5.41) is 6.74. The molecule has 4 aromatic heterocycles. The number of amides is 1. The van der Waals surface area contributed by atoms with E-state index in [-0.39, 0.29) is 11.6 Å². The van der Waals surface area contributed by atoms with Crippen molar-refractivity contribution in [3.05, 3.63) is 86.8 Å². The van der Waals surface area contributed by atoms with E-state index in [9.17, 15) is 4.79 Å². The van der Waals surface area contributed by atoms with Crippen LogP contribution in [0.2, 0.25) is 5.02 Å². The summed E-state index contributed by atoms with van der Waals surface area (Å²) >= 11 is 7.96. The first-order valence-electron chi connectivity index (χ1n) is 9.05. The number of carbonyl (C=O) groups is 1. The minimum atomic E-state index is -0.261. The summed E-state index contributed by atoms with van der Waals surface area (Å²) in [5.74, 6) is 0.987. The standard InChI is InChI=1S/C21H19ClN4O2S/c1-14-11-15(2)26(24-14)19-8-7-18(22)20(23-19)21(27)25(12-16-5-3-9-28-16)13-17-6-4-10-29-17/h3-11H,12-13H2,1-2H3. The van der Waals surface area contributed by atoms with Gasteiger partial charge in [-0.05, 0) is 55.6 Å². The van der Waals surface area contributed by atoms with Crippen LogP contribution in [0.15, 0.2) is 58.5 Å². The lowest BCUT2D eigenvalue weighted by Gasteiger charge is -2.21. The Morgan fingerprint density at radius 1 is 1.21 bits per heavy atom. The van der Waals surface area contributed by atoms with Gasteiger partial charge in [0.15, 0.2) is 5.82 Å². The average molecular weight is 427 g/mol. The molecule has 8 heteroatoms. The van der Waals surface area contributed by atoms with E-state index in [1.54, 1.807) is 45.4 Å². The molecule has 29 heavy (non-hydrogen) atoms. The van der Waals surface area contributed by atoms with Crippen molar-refractivity contribution in [2.45, 2.75) is 26.9 Å². The first kappa shape index (κ1) is 19.4. The number of carbonyl (C=O) groups excluding carboxylic acids is 1. The number of nitrogens with zero attached hydrogens (tertiary/aromatic N) is 4. The van der Waals surface area contributed by atoms with Gasteiger partial charge in [-0.3, -0.25) is 4.79 Å². The van der Waals surface area contributed by atoms with E-state index in [4.69, 9.17) is 16.0 Å². The number of halogens is 1. The third-order valence-electron chi connectivity index (χ3n) is 4.40. The zero-order chi connectivity index (χ0) is 20.4. The van der Waals surface area contributed by atoms with Crippen molar-refractivity contribution in [2.75, 3.05) is 0 Å². The molecular formula is C21H19ClN4O2S. The summed E-state index contributed by atoms with van der Waals surface area (Å²) in [6.07, 6.45) is 1.60. The molecule has 1 amide bonds. The second-order valence-electron chi connectivity index (χ2n) is 6.66. The van der Waals surface area contributed by atoms with Crippen LogP contribution in [0.5, 0.6) is 0 Å². The number of hydrogen-bond acceptors (Lipinski definition) is 5. The Hall–Kier alpha value is -2.90. The van der Waals surface area contributed by atoms with Gasteiger partial charge in [0.2, 0.25) is 0 Å². The highest BCUT2D eigenvalue weighted by Gasteiger charge is 2.23. The fraction of sp³-hybridized carbons (Fsp3) is 0.190. The largest absolute Gasteiger partial charge is 0.467 e. The van der Waals surface area contributed by atoms with Gasteiger partial charge in [-0.25, -0.2) is 9.67 Å². The molecule has 0 saturated carbocycles. The van der Waals surface area contributed by atoms with Crippen LogP contribution >= 0.6 is 22.9 Å². The predicted octanol–water partition coefficient (Wildman–Crippen LogP) is 5.03. The van der Waals surface area contributed by atoms with E-state index in [1.165, 1.54) is 0 Å². The van der Waals surface area contributed by atoms with Crippen molar-refractivity contribution in [2.24, 2.45) is 0 Å². The molecule has 4 aromatic rings. The predicted molar refractivity (Wildman–Crippen MR) is 112 cm³/mol. The van der Waals surface area contributed by atoms with Crippen molar-refractivity contribution < 1.29 is 9.21 Å². The smallest absolute Gasteiger partial charge is 0.274 e. The number of thiophene rings is 1. The zero-order valence-corrected chi connectivity index (χ0v) is 17.6. The third-order valence-corrected chi connectivity index (χ3v) is 5.57. The van der Waals surface area contributed by atoms with E-state index in [1.807, 2.05) is 43.5 Å². The molecule has 0 N–H and O–H groups in total. The molecule has 4 heterocycles. The van der Waals surface area contributed by atoms with E-state index >= 15 is 0 Å². The molecule has 0 saturated heterocycles. The van der Waals surface area contributed by atoms with Gasteiger partial charge in [-0.15, -0.1) is 11.3 Å². The fourth-order valence-electron chi connectivity index (χ4n) is 3.09. The third kappa shape index (κ3) is 4.26. The number of furan rings is 1. The number of aromatic nitrogens is 3. The van der Waals surface area contributed by atoms with E-state index in [0.717, 1.165) is 16.3 Å². The number of aryl methyl sites for hydroxylation is 2. The van der Waals surface area contributed by atoms with Crippen LogP contribution < -0.4 is 0 Å². The highest BCUT2D eigenvalue weighted by atomic mass is 35.5. The molecule has 0 aliphatic heterocycles. The second-order valence-corrected chi connectivity index (χ2v) is 8.10. The Morgan fingerprint density at radius 3 is 2.72 bits per heavy atom. The Bertz CT molecular complexity index is 1080. The first-order valence-corrected chi connectivity index (χ1v) is 10.3. The molecule has 0 unspecified atom stereocenters. The Labute approximate surface area is 177 Å². The first-order chi connectivity index (χ1) is 14.0. The molecule has 0 fully saturated rings. The quantitative estimate of drug-likeness (QED) is 0.433. The van der Waals surface area contributed by atoms with Crippen molar-refractivity contribution in [1.29, 1.82) is 0 Å². The Morgan fingerprint density at radius 2 is 2.07 bits per heavy atom. The van der Waals surface area contributed by atoms with Crippen LogP contribution in [0.4, 0.5) is 0 Å². The fourth-order valence-corrected chi connectivity index (χ4v) is 4.00. The maximum Gasteiger partial charge on any atom is 0.274 e. The lowest BCUT2D eigenvalue weighted by Crippen LogP contribution is -2.31. The van der Waals surface area contributed by atoms with Crippen LogP contribution in [0.1, 0.15) is 32.5 Å². The average Bonchev–Trinajstić information content (AvgIpc) is 3.44. The second kappa shape index (κ2) is 8.23.